The summed E-state index contributed by atoms with van der Waals surface area (Å²) in [5, 5.41) is 24.4. The summed E-state index contributed by atoms with van der Waals surface area (Å²) >= 11 is 0. The summed E-state index contributed by atoms with van der Waals surface area (Å²) in [5.41, 5.74) is 26.3. The molecule has 16 heteroatoms. The molecule has 2 aromatic heterocycles. The van der Waals surface area contributed by atoms with Crippen LogP contribution in [0.4, 0.5) is 0 Å². The smallest absolute Gasteiger partial charge is 0.306 e. The summed E-state index contributed by atoms with van der Waals surface area (Å²) in [6.45, 7) is 20.3. The molecule has 10 rings (SSSR count). The van der Waals surface area contributed by atoms with E-state index in [9.17, 15) is 19.2 Å². The fourth-order valence-electron chi connectivity index (χ4n) is 10.9. The lowest BCUT2D eigenvalue weighted by Gasteiger charge is -2.30. The molecule has 0 saturated heterocycles. The first-order valence-corrected chi connectivity index (χ1v) is 26.5. The molecule has 6 N–H and O–H groups in total. The van der Waals surface area contributed by atoms with E-state index in [2.05, 4.69) is 83.0 Å². The number of hydrogen-bond donors (Lipinski definition) is 3. The van der Waals surface area contributed by atoms with E-state index in [4.69, 9.17) is 15.6 Å². The van der Waals surface area contributed by atoms with Crippen LogP contribution in [0.1, 0.15) is 137 Å². The number of ether oxygens (including phenoxy) is 1. The van der Waals surface area contributed by atoms with Gasteiger partial charge < -0.3 is 31.5 Å². The van der Waals surface area contributed by atoms with E-state index < -0.39 is 0 Å². The molecule has 6 aromatic carbocycles. The van der Waals surface area contributed by atoms with Gasteiger partial charge in [0, 0.05) is 75.8 Å². The molecule has 3 amide bonds. The van der Waals surface area contributed by atoms with E-state index >= 15 is 0 Å². The quantitative estimate of drug-likeness (QED) is 0.0976. The topological polar surface area (TPSA) is 227 Å². The van der Waals surface area contributed by atoms with Gasteiger partial charge in [-0.1, -0.05) is 71.1 Å². The third-order valence-electron chi connectivity index (χ3n) is 15.7. The van der Waals surface area contributed by atoms with E-state index in [0.29, 0.717) is 26.2 Å². The first kappa shape index (κ1) is 57.6. The number of hydrogen-bond acceptors (Lipinski definition) is 11. The summed E-state index contributed by atoms with van der Waals surface area (Å²) in [7, 11) is 2.42. The molecule has 0 aliphatic carbocycles. The average Bonchev–Trinajstić information content (AvgIpc) is 4.17. The minimum Gasteiger partial charge on any atom is -0.469 e. The molecular weight excluding hydrogens is 981 g/mol. The van der Waals surface area contributed by atoms with Crippen molar-refractivity contribution in [2.45, 2.75) is 119 Å². The van der Waals surface area contributed by atoms with Crippen LogP contribution in [0.3, 0.4) is 0 Å². The van der Waals surface area contributed by atoms with Crippen molar-refractivity contribution in [3.8, 4) is 0 Å². The molecule has 408 valence electrons. The third kappa shape index (κ3) is 11.9. The Morgan fingerprint density at radius 3 is 1.37 bits per heavy atom. The van der Waals surface area contributed by atoms with Gasteiger partial charge in [-0.15, -0.1) is 10.2 Å². The summed E-state index contributed by atoms with van der Waals surface area (Å²) in [4.78, 5) is 55.2. The fraction of sp³-hybridized carbons (Fsp3) is 0.355. The standard InChI is InChI=1S/C31H34N4O3.C30H33N5O2.CH4O.H3N/c1-6-35-28-12-11-26(21(4)30(28)32-33-35)27(17-29(36)38-5)23-10-9-22-13-14-34(18-25(22)16-23)31(37)24-8-7-19(2)20(3)15-24;1-5-35-27-11-10-25(20(4)29(27)32-33-35)26(16-28(31)36)22-9-8-21-12-13-34(17-24(21)15-22)30(37)23-7-6-18(2)19(3)14-23;1-2;/h7-12,15-16,27H,6,13-14,17-18H2,1-5H3;6-11,14-15,26H,5,12-13,16-17H2,1-4H3,(H2,31,36);2H,1H3;1H3/t27-;26-;;/m00../s1. The van der Waals surface area contributed by atoms with Crippen molar-refractivity contribution in [2.24, 2.45) is 5.73 Å². The van der Waals surface area contributed by atoms with Crippen LogP contribution in [0, 0.1) is 41.5 Å². The number of carbonyl (C=O) groups is 4. The van der Waals surface area contributed by atoms with Gasteiger partial charge in [0.25, 0.3) is 11.8 Å². The highest BCUT2D eigenvalue weighted by molar-refractivity contribution is 5.95. The van der Waals surface area contributed by atoms with Crippen LogP contribution < -0.4 is 11.9 Å². The number of primary amides is 1. The van der Waals surface area contributed by atoms with Gasteiger partial charge in [-0.25, -0.2) is 9.36 Å². The maximum absolute atomic E-state index is 13.3. The van der Waals surface area contributed by atoms with E-state index in [-0.39, 0.29) is 54.5 Å². The van der Waals surface area contributed by atoms with Gasteiger partial charge in [0.05, 0.1) is 24.6 Å². The van der Waals surface area contributed by atoms with Gasteiger partial charge in [0.2, 0.25) is 5.91 Å². The highest BCUT2D eigenvalue weighted by Crippen LogP contribution is 2.37. The zero-order valence-electron chi connectivity index (χ0n) is 46.8. The second-order valence-corrected chi connectivity index (χ2v) is 20.3. The van der Waals surface area contributed by atoms with Crippen LogP contribution in [-0.4, -0.2) is 95.9 Å². The summed E-state index contributed by atoms with van der Waals surface area (Å²) < 4.78 is 8.82. The SMILES string of the molecule is CCn1nnc2c(C)c([C@@H](CC(=O)OC)c3ccc4c(c3)CN(C(=O)c3ccc(C)c(C)c3)CC4)ccc21.CCn1nnc2c(C)c([C@@H](CC(N)=O)c3ccc4c(c3)CN(C(=O)c3ccc(C)c(C)c3)CC4)ccc21.CO.N. The average molecular weight is 1060 g/mol. The molecule has 2 atom stereocenters. The third-order valence-corrected chi connectivity index (χ3v) is 15.7. The van der Waals surface area contributed by atoms with Gasteiger partial charge in [0.15, 0.2) is 0 Å². The van der Waals surface area contributed by atoms with Gasteiger partial charge in [-0.3, -0.25) is 19.2 Å². The number of aliphatic hydroxyl groups excluding tert-OH is 1. The van der Waals surface area contributed by atoms with Crippen LogP contribution >= 0.6 is 0 Å². The second kappa shape index (κ2) is 24.9. The van der Waals surface area contributed by atoms with Crippen LogP contribution in [0.15, 0.2) is 97.1 Å². The summed E-state index contributed by atoms with van der Waals surface area (Å²) in [6.07, 6.45) is 2.02. The lowest BCUT2D eigenvalue weighted by Crippen LogP contribution is -2.36. The summed E-state index contributed by atoms with van der Waals surface area (Å²) in [6, 6.07) is 32.8. The number of rotatable bonds is 12. The predicted octanol–water partition coefficient (Wildman–Crippen LogP) is 9.62. The first-order valence-electron chi connectivity index (χ1n) is 26.5. The number of carbonyl (C=O) groups excluding carboxylic acids is 4. The van der Waals surface area contributed by atoms with E-state index in [1.165, 1.54) is 29.4 Å². The Morgan fingerprint density at radius 2 is 0.987 bits per heavy atom. The van der Waals surface area contributed by atoms with Crippen molar-refractivity contribution >= 4 is 45.8 Å². The normalized spacial score (nSPS) is 13.5. The van der Waals surface area contributed by atoms with E-state index in [0.717, 1.165) is 122 Å². The van der Waals surface area contributed by atoms with Crippen LogP contribution in [0.2, 0.25) is 0 Å². The van der Waals surface area contributed by atoms with Crippen molar-refractivity contribution in [2.75, 3.05) is 27.3 Å². The molecule has 78 heavy (non-hydrogen) atoms. The maximum atomic E-state index is 13.3. The Balaban J connectivity index is 0.000000217. The zero-order chi connectivity index (χ0) is 55.2. The molecule has 4 heterocycles. The molecule has 8 aromatic rings. The Morgan fingerprint density at radius 1 is 0.564 bits per heavy atom. The minimum atomic E-state index is -0.356. The number of aromatic nitrogens is 6. The molecule has 0 fully saturated rings. The lowest BCUT2D eigenvalue weighted by molar-refractivity contribution is -0.140. The number of methoxy groups -OCH3 is 1. The number of nitrogens with zero attached hydrogens (tertiary/aromatic N) is 8. The molecule has 16 nitrogen and oxygen atoms in total. The van der Waals surface area contributed by atoms with Crippen molar-refractivity contribution in [3.05, 3.63) is 186 Å². The largest absolute Gasteiger partial charge is 0.469 e. The van der Waals surface area contributed by atoms with E-state index in [1.807, 2.05) is 109 Å². The second-order valence-electron chi connectivity index (χ2n) is 20.3. The number of aryl methyl sites for hydroxylation is 8. The lowest BCUT2D eigenvalue weighted by atomic mass is 9.83. The Kier molecular flexibility index (Phi) is 18.4. The highest BCUT2D eigenvalue weighted by Gasteiger charge is 2.29. The van der Waals surface area contributed by atoms with Crippen LogP contribution in [0.5, 0.6) is 0 Å². The molecule has 0 unspecified atom stereocenters. The van der Waals surface area contributed by atoms with E-state index in [1.54, 1.807) is 0 Å². The van der Waals surface area contributed by atoms with Crippen molar-refractivity contribution in [1.82, 2.24) is 45.9 Å². The number of amides is 3. The molecule has 0 spiro atoms. The fourth-order valence-corrected chi connectivity index (χ4v) is 10.9. The first-order chi connectivity index (χ1) is 37.1. The molecule has 2 aliphatic heterocycles. The van der Waals surface area contributed by atoms with Gasteiger partial charge in [-0.05, 0) is 183 Å². The van der Waals surface area contributed by atoms with Crippen molar-refractivity contribution in [3.63, 3.8) is 0 Å². The molecule has 2 aliphatic rings. The Bertz CT molecular complexity index is 3530. The zero-order valence-corrected chi connectivity index (χ0v) is 46.8. The maximum Gasteiger partial charge on any atom is 0.306 e. The van der Waals surface area contributed by atoms with Gasteiger partial charge >= 0.3 is 5.97 Å². The van der Waals surface area contributed by atoms with Crippen molar-refractivity contribution in [1.29, 1.82) is 0 Å². The predicted molar refractivity (Wildman–Crippen MR) is 305 cm³/mol. The number of fused-ring (bicyclic) bond motifs is 4. The highest BCUT2D eigenvalue weighted by atomic mass is 16.5. The molecule has 0 bridgehead atoms. The van der Waals surface area contributed by atoms with Crippen molar-refractivity contribution < 1.29 is 29.0 Å². The number of aliphatic hydroxyl groups is 1. The minimum absolute atomic E-state index is 0. The molecule has 0 radical (unpaired) electrons. The monoisotopic (exact) mass is 1050 g/mol. The molecule has 0 saturated carbocycles. The van der Waals surface area contributed by atoms with Crippen LogP contribution in [0.25, 0.3) is 22.1 Å². The van der Waals surface area contributed by atoms with Gasteiger partial charge in [0.1, 0.15) is 11.0 Å². The summed E-state index contributed by atoms with van der Waals surface area (Å²) in [5.74, 6) is -0.926. The number of nitrogens with two attached hydrogens (primary N) is 1. The number of benzene rings is 6. The Labute approximate surface area is 457 Å². The van der Waals surface area contributed by atoms with Crippen LogP contribution in [-0.2, 0) is 53.3 Å². The number of esters is 1. The Hall–Kier alpha value is -8.08. The van der Waals surface area contributed by atoms with Gasteiger partial charge in [-0.2, -0.15) is 0 Å². The molecular formula is C62H74N10O6.